The molecule has 1 N–H and O–H groups in total. The summed E-state index contributed by atoms with van der Waals surface area (Å²) in [6, 6.07) is 15.9. The average molecular weight is 536 g/mol. The lowest BCUT2D eigenvalue weighted by Gasteiger charge is -2.24. The van der Waals surface area contributed by atoms with Gasteiger partial charge in [-0.05, 0) is 48.2 Å². The van der Waals surface area contributed by atoms with Crippen molar-refractivity contribution < 1.29 is 14.3 Å². The Morgan fingerprint density at radius 2 is 1.94 bits per heavy atom. The van der Waals surface area contributed by atoms with Crippen LogP contribution in [0.4, 0.5) is 5.69 Å². The first-order valence-corrected chi connectivity index (χ1v) is 13.1. The summed E-state index contributed by atoms with van der Waals surface area (Å²) in [6.07, 6.45) is 1.72. The smallest absolute Gasteiger partial charge is 0.271 e. The summed E-state index contributed by atoms with van der Waals surface area (Å²) in [6.45, 7) is 1.93. The molecule has 1 amide bonds. The Hall–Kier alpha value is -3.66. The number of benzene rings is 2. The van der Waals surface area contributed by atoms with E-state index < -0.39 is 6.04 Å². The summed E-state index contributed by atoms with van der Waals surface area (Å²) in [5.41, 5.74) is 2.06. The van der Waals surface area contributed by atoms with E-state index in [9.17, 15) is 9.59 Å². The van der Waals surface area contributed by atoms with Crippen LogP contribution in [0.15, 0.2) is 81.0 Å². The van der Waals surface area contributed by atoms with Crippen LogP contribution < -0.4 is 29.7 Å². The number of hydrogen-bond donors (Lipinski definition) is 1. The number of carbonyl (C=O) groups excluding carboxylic acids is 1. The van der Waals surface area contributed by atoms with E-state index in [1.165, 1.54) is 22.7 Å². The molecule has 1 unspecified atom stereocenters. The molecule has 0 radical (unpaired) electrons. The van der Waals surface area contributed by atoms with Crippen molar-refractivity contribution in [2.45, 2.75) is 13.0 Å². The number of para-hydroxylation sites is 1. The standard InChI is InChI=1S/C26H18ClN3O4S2/c1-14-22(24(31)29-16-6-3-2-4-7-16)23(20-8-5-9-35-20)30-25(32)21(36-26(30)28-14)11-15-10-18-19(12-17(15)27)34-13-33-18/h2-12,23H,13H2,1H3,(H,29,31)/b21-11+. The molecule has 0 spiro atoms. The molecule has 10 heteroatoms. The van der Waals surface area contributed by atoms with Crippen LogP contribution in [0.3, 0.4) is 0 Å². The molecular weight excluding hydrogens is 518 g/mol. The fourth-order valence-corrected chi connectivity index (χ4v) is 6.30. The van der Waals surface area contributed by atoms with Crippen molar-refractivity contribution >= 4 is 51.9 Å². The highest BCUT2D eigenvalue weighted by atomic mass is 35.5. The number of aromatic nitrogens is 1. The van der Waals surface area contributed by atoms with Crippen molar-refractivity contribution in [2.24, 2.45) is 4.99 Å². The van der Waals surface area contributed by atoms with Crippen LogP contribution >= 0.6 is 34.3 Å². The van der Waals surface area contributed by atoms with Crippen molar-refractivity contribution in [3.8, 4) is 11.5 Å². The van der Waals surface area contributed by atoms with Gasteiger partial charge in [0.1, 0.15) is 6.04 Å². The minimum Gasteiger partial charge on any atom is -0.454 e. The van der Waals surface area contributed by atoms with Gasteiger partial charge in [0.2, 0.25) is 6.79 Å². The van der Waals surface area contributed by atoms with Gasteiger partial charge in [0, 0.05) is 16.6 Å². The second kappa shape index (κ2) is 9.09. The van der Waals surface area contributed by atoms with Crippen LogP contribution in [0.2, 0.25) is 5.02 Å². The maximum absolute atomic E-state index is 13.7. The van der Waals surface area contributed by atoms with E-state index in [4.69, 9.17) is 21.1 Å². The Labute approximate surface area is 218 Å². The molecule has 6 rings (SSSR count). The van der Waals surface area contributed by atoms with Gasteiger partial charge in [0.05, 0.1) is 20.8 Å². The van der Waals surface area contributed by atoms with Gasteiger partial charge in [0.15, 0.2) is 16.3 Å². The second-order valence-electron chi connectivity index (χ2n) is 8.14. The SMILES string of the molecule is CC1=C(C(=O)Nc2ccccc2)C(c2cccs2)n2c(s/c(=C/c3cc4c(cc3Cl)OCO4)c2=O)=N1. The third-order valence-electron chi connectivity index (χ3n) is 5.89. The molecule has 7 nitrogen and oxygen atoms in total. The van der Waals surface area contributed by atoms with Gasteiger partial charge in [0.25, 0.3) is 11.5 Å². The summed E-state index contributed by atoms with van der Waals surface area (Å²) in [4.78, 5) is 33.3. The molecule has 1 atom stereocenters. The zero-order valence-corrected chi connectivity index (χ0v) is 21.2. The first-order chi connectivity index (χ1) is 17.5. The van der Waals surface area contributed by atoms with Gasteiger partial charge in [-0.25, -0.2) is 4.99 Å². The average Bonchev–Trinajstić information content (AvgIpc) is 3.61. The molecule has 2 aromatic heterocycles. The van der Waals surface area contributed by atoms with E-state index in [1.54, 1.807) is 29.7 Å². The van der Waals surface area contributed by atoms with Gasteiger partial charge in [-0.1, -0.05) is 47.2 Å². The number of amides is 1. The van der Waals surface area contributed by atoms with Crippen molar-refractivity contribution in [2.75, 3.05) is 12.1 Å². The number of anilines is 1. The van der Waals surface area contributed by atoms with Crippen LogP contribution in [-0.4, -0.2) is 17.3 Å². The molecule has 36 heavy (non-hydrogen) atoms. The zero-order valence-electron chi connectivity index (χ0n) is 18.9. The van der Waals surface area contributed by atoms with Crippen LogP contribution in [0.1, 0.15) is 23.4 Å². The number of thiazole rings is 1. The molecule has 0 saturated heterocycles. The highest BCUT2D eigenvalue weighted by Gasteiger charge is 2.33. The molecule has 4 aromatic rings. The predicted octanol–water partition coefficient (Wildman–Crippen LogP) is 4.32. The molecule has 2 aliphatic heterocycles. The molecule has 0 saturated carbocycles. The first kappa shape index (κ1) is 22.8. The number of thiophene rings is 1. The lowest BCUT2D eigenvalue weighted by atomic mass is 10.0. The minimum atomic E-state index is -0.598. The quantitative estimate of drug-likeness (QED) is 0.422. The number of ether oxygens (including phenoxy) is 2. The summed E-state index contributed by atoms with van der Waals surface area (Å²) in [5, 5.41) is 5.32. The minimum absolute atomic E-state index is 0.130. The topological polar surface area (TPSA) is 81.9 Å². The lowest BCUT2D eigenvalue weighted by molar-refractivity contribution is -0.113. The van der Waals surface area contributed by atoms with Crippen molar-refractivity contribution in [3.05, 3.63) is 106 Å². The molecule has 180 valence electrons. The van der Waals surface area contributed by atoms with E-state index in [1.807, 2.05) is 47.8 Å². The lowest BCUT2D eigenvalue weighted by Crippen LogP contribution is -2.40. The Morgan fingerprint density at radius 1 is 1.17 bits per heavy atom. The third-order valence-corrected chi connectivity index (χ3v) is 8.12. The molecule has 0 fully saturated rings. The molecular formula is C26H18ClN3O4S2. The van der Waals surface area contributed by atoms with Crippen molar-refractivity contribution in [3.63, 3.8) is 0 Å². The van der Waals surface area contributed by atoms with Crippen LogP contribution in [-0.2, 0) is 4.79 Å². The van der Waals surface area contributed by atoms with Crippen LogP contribution in [0.5, 0.6) is 11.5 Å². The van der Waals surface area contributed by atoms with Gasteiger partial charge < -0.3 is 14.8 Å². The number of hydrogen-bond acceptors (Lipinski definition) is 7. The third kappa shape index (κ3) is 3.95. The number of halogens is 1. The van der Waals surface area contributed by atoms with Crippen molar-refractivity contribution in [1.29, 1.82) is 0 Å². The number of carbonyl (C=O) groups is 1. The monoisotopic (exact) mass is 535 g/mol. The number of allylic oxidation sites excluding steroid dienone is 1. The van der Waals surface area contributed by atoms with E-state index in [-0.39, 0.29) is 18.3 Å². The number of nitrogens with zero attached hydrogens (tertiary/aromatic N) is 2. The number of rotatable bonds is 4. The van der Waals surface area contributed by atoms with Gasteiger partial charge in [-0.3, -0.25) is 14.2 Å². The van der Waals surface area contributed by atoms with Crippen LogP contribution in [0, 0.1) is 0 Å². The van der Waals surface area contributed by atoms with Gasteiger partial charge in [-0.15, -0.1) is 11.3 Å². The normalized spacial score (nSPS) is 16.6. The van der Waals surface area contributed by atoms with Gasteiger partial charge >= 0.3 is 0 Å². The van der Waals surface area contributed by atoms with E-state index in [2.05, 4.69) is 10.3 Å². The second-order valence-corrected chi connectivity index (χ2v) is 10.5. The summed E-state index contributed by atoms with van der Waals surface area (Å²) in [7, 11) is 0. The zero-order chi connectivity index (χ0) is 24.8. The van der Waals surface area contributed by atoms with E-state index >= 15 is 0 Å². The maximum Gasteiger partial charge on any atom is 0.271 e. The van der Waals surface area contributed by atoms with Gasteiger partial charge in [-0.2, -0.15) is 0 Å². The Balaban J connectivity index is 1.48. The summed E-state index contributed by atoms with van der Waals surface area (Å²) < 4.78 is 12.9. The number of nitrogens with one attached hydrogen (secondary N) is 1. The van der Waals surface area contributed by atoms with E-state index in [0.717, 1.165) is 4.88 Å². The Morgan fingerprint density at radius 3 is 2.69 bits per heavy atom. The molecule has 2 aliphatic rings. The predicted molar refractivity (Wildman–Crippen MR) is 141 cm³/mol. The van der Waals surface area contributed by atoms with Crippen LogP contribution in [0.25, 0.3) is 6.08 Å². The fraction of sp³-hybridized carbons (Fsp3) is 0.115. The number of fused-ring (bicyclic) bond motifs is 2. The highest BCUT2D eigenvalue weighted by Crippen LogP contribution is 2.37. The molecule has 2 aromatic carbocycles. The fourth-order valence-electron chi connectivity index (χ4n) is 4.23. The van der Waals surface area contributed by atoms with Crippen molar-refractivity contribution in [1.82, 2.24) is 4.57 Å². The molecule has 0 aliphatic carbocycles. The Kier molecular flexibility index (Phi) is 5.75. The Bertz CT molecular complexity index is 1710. The largest absolute Gasteiger partial charge is 0.454 e. The molecule has 4 heterocycles. The molecule has 0 bridgehead atoms. The maximum atomic E-state index is 13.7. The summed E-state index contributed by atoms with van der Waals surface area (Å²) in [5.74, 6) is 0.848. The van der Waals surface area contributed by atoms with E-state index in [0.29, 0.717) is 48.4 Å². The highest BCUT2D eigenvalue weighted by molar-refractivity contribution is 7.10. The summed E-state index contributed by atoms with van der Waals surface area (Å²) >= 11 is 9.20. The first-order valence-electron chi connectivity index (χ1n) is 11.0.